The standard InChI is InChI=1S/C16H24O4/c1-10-5-4-6-15(2)7-8-16(18)11(9-19-3)14(17)20-13(16)12(10)15/h5,11-13,18H,4,6-9H2,1-3H3. The summed E-state index contributed by atoms with van der Waals surface area (Å²) in [5.74, 6) is -0.709. The number of aliphatic hydroxyl groups is 1. The molecule has 0 spiro atoms. The molecule has 5 unspecified atom stereocenters. The summed E-state index contributed by atoms with van der Waals surface area (Å²) in [7, 11) is 1.56. The number of hydrogen-bond donors (Lipinski definition) is 1. The summed E-state index contributed by atoms with van der Waals surface area (Å²) in [6, 6.07) is 0. The minimum Gasteiger partial charge on any atom is -0.458 e. The average Bonchev–Trinajstić information content (AvgIpc) is 2.63. The molecule has 3 rings (SSSR count). The molecular formula is C16H24O4. The van der Waals surface area contributed by atoms with Crippen LogP contribution in [-0.4, -0.2) is 36.5 Å². The highest BCUT2D eigenvalue weighted by Crippen LogP contribution is 2.57. The van der Waals surface area contributed by atoms with E-state index in [1.165, 1.54) is 5.57 Å². The van der Waals surface area contributed by atoms with Gasteiger partial charge in [-0.3, -0.25) is 4.79 Å². The Morgan fingerprint density at radius 2 is 2.20 bits per heavy atom. The average molecular weight is 280 g/mol. The third-order valence-corrected chi connectivity index (χ3v) is 5.78. The van der Waals surface area contributed by atoms with Crippen LogP contribution in [0.1, 0.15) is 39.5 Å². The predicted molar refractivity (Wildman–Crippen MR) is 74.0 cm³/mol. The van der Waals surface area contributed by atoms with Crippen molar-refractivity contribution in [2.24, 2.45) is 17.3 Å². The van der Waals surface area contributed by atoms with E-state index in [4.69, 9.17) is 9.47 Å². The summed E-state index contributed by atoms with van der Waals surface area (Å²) in [5.41, 5.74) is 0.328. The molecule has 2 aliphatic carbocycles. The first-order valence-corrected chi connectivity index (χ1v) is 7.51. The van der Waals surface area contributed by atoms with Crippen molar-refractivity contribution in [1.82, 2.24) is 0 Å². The van der Waals surface area contributed by atoms with Crippen molar-refractivity contribution in [3.8, 4) is 0 Å². The van der Waals surface area contributed by atoms with E-state index in [0.717, 1.165) is 19.3 Å². The number of carbonyl (C=O) groups is 1. The number of hydrogen-bond acceptors (Lipinski definition) is 4. The van der Waals surface area contributed by atoms with E-state index in [9.17, 15) is 9.90 Å². The summed E-state index contributed by atoms with van der Waals surface area (Å²) in [6.45, 7) is 4.61. The number of esters is 1. The van der Waals surface area contributed by atoms with Gasteiger partial charge in [-0.1, -0.05) is 18.6 Å². The Labute approximate surface area is 120 Å². The van der Waals surface area contributed by atoms with Crippen LogP contribution in [0.25, 0.3) is 0 Å². The van der Waals surface area contributed by atoms with Crippen molar-refractivity contribution in [2.75, 3.05) is 13.7 Å². The molecule has 0 aromatic carbocycles. The summed E-state index contributed by atoms with van der Waals surface area (Å²) < 4.78 is 10.8. The van der Waals surface area contributed by atoms with Crippen LogP contribution in [0.5, 0.6) is 0 Å². The van der Waals surface area contributed by atoms with Gasteiger partial charge in [-0.2, -0.15) is 0 Å². The topological polar surface area (TPSA) is 55.8 Å². The van der Waals surface area contributed by atoms with E-state index in [-0.39, 0.29) is 23.9 Å². The molecule has 0 radical (unpaired) electrons. The Balaban J connectivity index is 1.99. The van der Waals surface area contributed by atoms with Gasteiger partial charge in [-0.05, 0) is 38.0 Å². The fourth-order valence-corrected chi connectivity index (χ4v) is 4.60. The zero-order valence-corrected chi connectivity index (χ0v) is 12.5. The maximum absolute atomic E-state index is 12.1. The van der Waals surface area contributed by atoms with E-state index < -0.39 is 17.6 Å². The molecule has 1 saturated heterocycles. The molecule has 1 aliphatic heterocycles. The summed E-state index contributed by atoms with van der Waals surface area (Å²) in [6.07, 6.45) is 5.57. The van der Waals surface area contributed by atoms with Gasteiger partial charge in [0.15, 0.2) is 0 Å². The molecule has 0 aromatic rings. The van der Waals surface area contributed by atoms with E-state index in [2.05, 4.69) is 19.9 Å². The smallest absolute Gasteiger partial charge is 0.314 e. The Hall–Kier alpha value is -0.870. The highest BCUT2D eigenvalue weighted by molar-refractivity contribution is 5.77. The molecule has 2 fully saturated rings. The fraction of sp³-hybridized carbons (Fsp3) is 0.812. The minimum atomic E-state index is -1.07. The summed E-state index contributed by atoms with van der Waals surface area (Å²) in [5, 5.41) is 11.1. The minimum absolute atomic E-state index is 0.137. The second-order valence-electron chi connectivity index (χ2n) is 6.98. The van der Waals surface area contributed by atoms with Gasteiger partial charge in [-0.15, -0.1) is 0 Å². The number of ether oxygens (including phenoxy) is 2. The van der Waals surface area contributed by atoms with Crippen molar-refractivity contribution >= 4 is 5.97 Å². The van der Waals surface area contributed by atoms with Crippen LogP contribution < -0.4 is 0 Å². The van der Waals surface area contributed by atoms with Crippen molar-refractivity contribution in [3.63, 3.8) is 0 Å². The van der Waals surface area contributed by atoms with Crippen molar-refractivity contribution in [1.29, 1.82) is 0 Å². The predicted octanol–water partition coefficient (Wildman–Crippen LogP) is 2.06. The first-order valence-electron chi connectivity index (χ1n) is 7.51. The lowest BCUT2D eigenvalue weighted by Gasteiger charge is -2.52. The Morgan fingerprint density at radius 3 is 2.90 bits per heavy atom. The summed E-state index contributed by atoms with van der Waals surface area (Å²) >= 11 is 0. The molecule has 0 amide bonds. The Kier molecular flexibility index (Phi) is 3.22. The van der Waals surface area contributed by atoms with Gasteiger partial charge in [0.2, 0.25) is 0 Å². The normalized spacial score (nSPS) is 47.3. The van der Waals surface area contributed by atoms with Crippen LogP contribution in [0.2, 0.25) is 0 Å². The number of allylic oxidation sites excluding steroid dienone is 1. The van der Waals surface area contributed by atoms with Gasteiger partial charge >= 0.3 is 5.97 Å². The lowest BCUT2D eigenvalue weighted by molar-refractivity contribution is -0.155. The highest BCUT2D eigenvalue weighted by Gasteiger charge is 2.64. The van der Waals surface area contributed by atoms with Crippen LogP contribution >= 0.6 is 0 Å². The maximum Gasteiger partial charge on any atom is 0.314 e. The molecular weight excluding hydrogens is 256 g/mol. The number of methoxy groups -OCH3 is 1. The van der Waals surface area contributed by atoms with E-state index >= 15 is 0 Å². The number of rotatable bonds is 2. The molecule has 5 atom stereocenters. The van der Waals surface area contributed by atoms with Crippen LogP contribution in [0.3, 0.4) is 0 Å². The fourth-order valence-electron chi connectivity index (χ4n) is 4.60. The van der Waals surface area contributed by atoms with Crippen LogP contribution in [0, 0.1) is 17.3 Å². The first-order chi connectivity index (χ1) is 9.42. The molecule has 0 aromatic heterocycles. The number of fused-ring (bicyclic) bond motifs is 3. The van der Waals surface area contributed by atoms with E-state index in [1.807, 2.05) is 0 Å². The zero-order valence-electron chi connectivity index (χ0n) is 12.5. The quantitative estimate of drug-likeness (QED) is 0.621. The molecule has 3 aliphatic rings. The molecule has 4 nitrogen and oxygen atoms in total. The molecule has 1 N–H and O–H groups in total. The van der Waals surface area contributed by atoms with E-state index in [0.29, 0.717) is 6.42 Å². The van der Waals surface area contributed by atoms with Crippen LogP contribution in [-0.2, 0) is 14.3 Å². The second kappa shape index (κ2) is 4.57. The Morgan fingerprint density at radius 1 is 1.45 bits per heavy atom. The monoisotopic (exact) mass is 280 g/mol. The van der Waals surface area contributed by atoms with Crippen molar-refractivity contribution in [2.45, 2.75) is 51.2 Å². The molecule has 112 valence electrons. The molecule has 1 heterocycles. The lowest BCUT2D eigenvalue weighted by atomic mass is 9.54. The first kappa shape index (κ1) is 14.1. The molecule has 4 heteroatoms. The van der Waals surface area contributed by atoms with Gasteiger partial charge in [0.05, 0.1) is 6.61 Å². The third kappa shape index (κ3) is 1.77. The Bertz CT molecular complexity index is 457. The zero-order chi connectivity index (χ0) is 14.5. The third-order valence-electron chi connectivity index (χ3n) is 5.78. The largest absolute Gasteiger partial charge is 0.458 e. The number of carbonyl (C=O) groups excluding carboxylic acids is 1. The second-order valence-corrected chi connectivity index (χ2v) is 6.98. The molecule has 0 bridgehead atoms. The highest BCUT2D eigenvalue weighted by atomic mass is 16.6. The van der Waals surface area contributed by atoms with Crippen molar-refractivity contribution in [3.05, 3.63) is 11.6 Å². The van der Waals surface area contributed by atoms with Gasteiger partial charge in [0.25, 0.3) is 0 Å². The van der Waals surface area contributed by atoms with Gasteiger partial charge in [0.1, 0.15) is 17.6 Å². The van der Waals surface area contributed by atoms with Gasteiger partial charge in [-0.25, -0.2) is 0 Å². The lowest BCUT2D eigenvalue weighted by Crippen LogP contribution is -2.57. The van der Waals surface area contributed by atoms with Crippen molar-refractivity contribution < 1.29 is 19.4 Å². The van der Waals surface area contributed by atoms with Crippen LogP contribution in [0.4, 0.5) is 0 Å². The van der Waals surface area contributed by atoms with Crippen LogP contribution in [0.15, 0.2) is 11.6 Å². The molecule has 20 heavy (non-hydrogen) atoms. The molecule has 1 saturated carbocycles. The summed E-state index contributed by atoms with van der Waals surface area (Å²) in [4.78, 5) is 12.1. The van der Waals surface area contributed by atoms with Gasteiger partial charge < -0.3 is 14.6 Å². The van der Waals surface area contributed by atoms with Gasteiger partial charge in [0, 0.05) is 13.0 Å². The SMILES string of the molecule is COCC1C(=O)OC2C3C(C)=CCCC3(C)CCC12O. The maximum atomic E-state index is 12.1. The van der Waals surface area contributed by atoms with E-state index in [1.54, 1.807) is 7.11 Å².